The van der Waals surface area contributed by atoms with E-state index in [9.17, 15) is 9.59 Å². The lowest BCUT2D eigenvalue weighted by molar-refractivity contribution is -0.137. The first-order chi connectivity index (χ1) is 16.1. The van der Waals surface area contributed by atoms with E-state index in [0.29, 0.717) is 18.3 Å². The zero-order valence-corrected chi connectivity index (χ0v) is 20.3. The first kappa shape index (κ1) is 24.0. The minimum absolute atomic E-state index is 0.0436. The lowest BCUT2D eigenvalue weighted by Crippen LogP contribution is -2.53. The van der Waals surface area contributed by atoms with Gasteiger partial charge in [-0.3, -0.25) is 14.5 Å². The summed E-state index contributed by atoms with van der Waals surface area (Å²) in [7, 11) is 0. The summed E-state index contributed by atoms with van der Waals surface area (Å²) in [4.78, 5) is 36.9. The van der Waals surface area contributed by atoms with Crippen molar-refractivity contribution in [2.45, 2.75) is 64.3 Å². The van der Waals surface area contributed by atoms with Crippen LogP contribution in [0.5, 0.6) is 0 Å². The lowest BCUT2D eigenvalue weighted by Gasteiger charge is -2.40. The fourth-order valence-electron chi connectivity index (χ4n) is 5.77. The third kappa shape index (κ3) is 6.92. The number of aromatic nitrogens is 1. The number of pyridine rings is 1. The van der Waals surface area contributed by atoms with E-state index >= 15 is 0 Å². The van der Waals surface area contributed by atoms with Gasteiger partial charge < -0.3 is 15.1 Å². The fraction of sp³-hybridized carbons (Fsp3) is 0.731. The maximum Gasteiger partial charge on any atom is 0.244 e. The molecular weight excluding hydrogens is 414 g/mol. The van der Waals surface area contributed by atoms with Crippen molar-refractivity contribution in [3.63, 3.8) is 0 Å². The Kier molecular flexibility index (Phi) is 8.59. The number of hydrogen-bond donors (Lipinski definition) is 1. The number of hydrogen-bond acceptors (Lipinski definition) is 5. The van der Waals surface area contributed by atoms with E-state index < -0.39 is 6.04 Å². The third-order valence-electron chi connectivity index (χ3n) is 7.64. The molecular formula is C26H41N5O2. The molecule has 0 radical (unpaired) electrons. The maximum absolute atomic E-state index is 13.0. The molecule has 1 aromatic heterocycles. The number of nitrogens with one attached hydrogen (secondary N) is 1. The van der Waals surface area contributed by atoms with Gasteiger partial charge in [0.15, 0.2) is 0 Å². The SMILES string of the molecule is CC(NC(=O)CC1CCCCC1)C(=O)N1CCCC(CN2CCN(c3ccccn3)CC2)C1. The van der Waals surface area contributed by atoms with E-state index in [1.165, 1.54) is 25.7 Å². The van der Waals surface area contributed by atoms with Crippen molar-refractivity contribution in [1.82, 2.24) is 20.1 Å². The standard InChI is InChI=1S/C26H41N5O2/c1-21(28-25(32)18-22-8-3-2-4-9-22)26(33)31-13-7-10-23(20-31)19-29-14-16-30(17-15-29)24-11-5-6-12-27-24/h5-6,11-12,21-23H,2-4,7-10,13-20H2,1H3,(H,28,32). The van der Waals surface area contributed by atoms with Crippen molar-refractivity contribution >= 4 is 17.6 Å². The molecule has 4 rings (SSSR count). The molecule has 2 aliphatic heterocycles. The van der Waals surface area contributed by atoms with E-state index in [1.807, 2.05) is 30.2 Å². The summed E-state index contributed by atoms with van der Waals surface area (Å²) in [6.45, 7) is 8.58. The summed E-state index contributed by atoms with van der Waals surface area (Å²) < 4.78 is 0. The molecule has 2 amide bonds. The summed E-state index contributed by atoms with van der Waals surface area (Å²) in [5.41, 5.74) is 0. The van der Waals surface area contributed by atoms with Gasteiger partial charge in [0.2, 0.25) is 11.8 Å². The van der Waals surface area contributed by atoms with Crippen molar-refractivity contribution in [2.24, 2.45) is 11.8 Å². The topological polar surface area (TPSA) is 68.8 Å². The van der Waals surface area contributed by atoms with Gasteiger partial charge in [-0.2, -0.15) is 0 Å². The lowest BCUT2D eigenvalue weighted by atomic mass is 9.87. The summed E-state index contributed by atoms with van der Waals surface area (Å²) in [5.74, 6) is 2.19. The second-order valence-electron chi connectivity index (χ2n) is 10.3. The molecule has 2 saturated heterocycles. The van der Waals surface area contributed by atoms with E-state index in [4.69, 9.17) is 0 Å². The fourth-order valence-corrected chi connectivity index (χ4v) is 5.77. The van der Waals surface area contributed by atoms with Crippen molar-refractivity contribution < 1.29 is 9.59 Å². The molecule has 7 nitrogen and oxygen atoms in total. The number of rotatable bonds is 7. The molecule has 2 unspecified atom stereocenters. The number of carbonyl (C=O) groups excluding carboxylic acids is 2. The highest BCUT2D eigenvalue weighted by atomic mass is 16.2. The zero-order chi connectivity index (χ0) is 23.0. The number of piperidine rings is 1. The number of likely N-dealkylation sites (tertiary alicyclic amines) is 1. The van der Waals surface area contributed by atoms with Gasteiger partial charge in [0.05, 0.1) is 0 Å². The molecule has 2 atom stereocenters. The minimum atomic E-state index is -0.429. The molecule has 3 fully saturated rings. The van der Waals surface area contributed by atoms with Crippen molar-refractivity contribution in [3.8, 4) is 0 Å². The second kappa shape index (κ2) is 11.8. The summed E-state index contributed by atoms with van der Waals surface area (Å²) in [5, 5.41) is 2.99. The molecule has 1 aromatic rings. The zero-order valence-electron chi connectivity index (χ0n) is 20.3. The molecule has 0 aromatic carbocycles. The Balaban J connectivity index is 1.19. The molecule has 0 spiro atoms. The Morgan fingerprint density at radius 1 is 1.00 bits per heavy atom. The van der Waals surface area contributed by atoms with Gasteiger partial charge in [0.1, 0.15) is 11.9 Å². The molecule has 182 valence electrons. The average Bonchev–Trinajstić information content (AvgIpc) is 2.85. The molecule has 3 heterocycles. The van der Waals surface area contributed by atoms with E-state index in [2.05, 4.69) is 26.2 Å². The molecule has 1 N–H and O–H groups in total. The van der Waals surface area contributed by atoms with Gasteiger partial charge in [-0.1, -0.05) is 25.3 Å². The van der Waals surface area contributed by atoms with E-state index in [-0.39, 0.29) is 11.8 Å². The molecule has 3 aliphatic rings. The Bertz CT molecular complexity index is 759. The van der Waals surface area contributed by atoms with Crippen LogP contribution in [0.1, 0.15) is 58.3 Å². The number of piperazine rings is 1. The number of carbonyl (C=O) groups is 2. The highest BCUT2D eigenvalue weighted by Gasteiger charge is 2.30. The molecule has 1 saturated carbocycles. The van der Waals surface area contributed by atoms with Gasteiger partial charge >= 0.3 is 0 Å². The van der Waals surface area contributed by atoms with Gasteiger partial charge in [-0.05, 0) is 56.6 Å². The quantitative estimate of drug-likeness (QED) is 0.685. The van der Waals surface area contributed by atoms with E-state index in [0.717, 1.165) is 70.9 Å². The Morgan fingerprint density at radius 2 is 1.76 bits per heavy atom. The smallest absolute Gasteiger partial charge is 0.244 e. The van der Waals surface area contributed by atoms with Crippen LogP contribution < -0.4 is 10.2 Å². The van der Waals surface area contributed by atoms with Crippen LogP contribution in [-0.4, -0.2) is 78.5 Å². The first-order valence-corrected chi connectivity index (χ1v) is 13.0. The number of amides is 2. The van der Waals surface area contributed by atoms with Crippen LogP contribution in [0.25, 0.3) is 0 Å². The molecule has 33 heavy (non-hydrogen) atoms. The monoisotopic (exact) mass is 455 g/mol. The number of anilines is 1. The average molecular weight is 456 g/mol. The van der Waals surface area contributed by atoms with Gasteiger partial charge in [-0.15, -0.1) is 0 Å². The summed E-state index contributed by atoms with van der Waals surface area (Å²) in [6.07, 6.45) is 10.7. The Labute approximate surface area is 198 Å². The van der Waals surface area contributed by atoms with Crippen molar-refractivity contribution in [3.05, 3.63) is 24.4 Å². The van der Waals surface area contributed by atoms with Crippen molar-refractivity contribution in [1.29, 1.82) is 0 Å². The Hall–Kier alpha value is -2.15. The van der Waals surface area contributed by atoms with Crippen LogP contribution in [-0.2, 0) is 9.59 Å². The molecule has 1 aliphatic carbocycles. The largest absolute Gasteiger partial charge is 0.354 e. The predicted molar refractivity (Wildman–Crippen MR) is 131 cm³/mol. The summed E-state index contributed by atoms with van der Waals surface area (Å²) in [6, 6.07) is 5.65. The highest BCUT2D eigenvalue weighted by molar-refractivity contribution is 5.87. The predicted octanol–water partition coefficient (Wildman–Crippen LogP) is 2.92. The first-order valence-electron chi connectivity index (χ1n) is 13.0. The van der Waals surface area contributed by atoms with Gasteiger partial charge in [0.25, 0.3) is 0 Å². The van der Waals surface area contributed by atoms with Crippen molar-refractivity contribution in [2.75, 3.05) is 50.7 Å². The summed E-state index contributed by atoms with van der Waals surface area (Å²) >= 11 is 0. The molecule has 0 bridgehead atoms. The minimum Gasteiger partial charge on any atom is -0.354 e. The van der Waals surface area contributed by atoms with Gasteiger partial charge in [-0.25, -0.2) is 4.98 Å². The number of nitrogens with zero attached hydrogens (tertiary/aromatic N) is 4. The van der Waals surface area contributed by atoms with Gasteiger partial charge in [0, 0.05) is 58.4 Å². The van der Waals surface area contributed by atoms with Crippen LogP contribution in [0.2, 0.25) is 0 Å². The van der Waals surface area contributed by atoms with Crippen LogP contribution in [0, 0.1) is 11.8 Å². The normalized spacial score (nSPS) is 23.8. The third-order valence-corrected chi connectivity index (χ3v) is 7.64. The highest BCUT2D eigenvalue weighted by Crippen LogP contribution is 2.26. The van der Waals surface area contributed by atoms with Crippen LogP contribution >= 0.6 is 0 Å². The molecule has 7 heteroatoms. The van der Waals surface area contributed by atoms with Crippen LogP contribution in [0.3, 0.4) is 0 Å². The second-order valence-corrected chi connectivity index (χ2v) is 10.3. The van der Waals surface area contributed by atoms with E-state index in [1.54, 1.807) is 0 Å². The Morgan fingerprint density at radius 3 is 2.48 bits per heavy atom. The van der Waals surface area contributed by atoms with Crippen LogP contribution in [0.4, 0.5) is 5.82 Å². The maximum atomic E-state index is 13.0. The van der Waals surface area contributed by atoms with Crippen LogP contribution in [0.15, 0.2) is 24.4 Å².